The highest BCUT2D eigenvalue weighted by atomic mass is 19.1. The van der Waals surface area contributed by atoms with E-state index in [0.717, 1.165) is 18.5 Å². The average Bonchev–Trinajstić information content (AvgIpc) is 2.41. The predicted octanol–water partition coefficient (Wildman–Crippen LogP) is 0.995. The SMILES string of the molecule is CCC1C(=O)NCCN1Cc1ccc(CN)cc1F. The number of hydrogen-bond acceptors (Lipinski definition) is 3. The molecule has 5 heteroatoms. The lowest BCUT2D eigenvalue weighted by atomic mass is 10.1. The van der Waals surface area contributed by atoms with Gasteiger partial charge in [0, 0.05) is 31.7 Å². The largest absolute Gasteiger partial charge is 0.353 e. The fourth-order valence-electron chi connectivity index (χ4n) is 2.46. The monoisotopic (exact) mass is 265 g/mol. The first-order valence-corrected chi connectivity index (χ1v) is 6.64. The van der Waals surface area contributed by atoms with E-state index in [9.17, 15) is 9.18 Å². The Labute approximate surface area is 112 Å². The van der Waals surface area contributed by atoms with Crippen LogP contribution < -0.4 is 11.1 Å². The Balaban J connectivity index is 2.13. The van der Waals surface area contributed by atoms with Crippen molar-refractivity contribution in [1.82, 2.24) is 10.2 Å². The number of carbonyl (C=O) groups excluding carboxylic acids is 1. The van der Waals surface area contributed by atoms with E-state index in [0.29, 0.717) is 25.2 Å². The number of hydrogen-bond donors (Lipinski definition) is 2. The molecule has 1 saturated heterocycles. The molecular formula is C14H20FN3O. The van der Waals surface area contributed by atoms with E-state index in [4.69, 9.17) is 5.73 Å². The highest BCUT2D eigenvalue weighted by molar-refractivity contribution is 5.82. The van der Waals surface area contributed by atoms with Crippen molar-refractivity contribution < 1.29 is 9.18 Å². The Morgan fingerprint density at radius 3 is 2.95 bits per heavy atom. The molecule has 1 heterocycles. The maximum atomic E-state index is 13.9. The van der Waals surface area contributed by atoms with Crippen LogP contribution in [0.5, 0.6) is 0 Å². The van der Waals surface area contributed by atoms with Gasteiger partial charge in [-0.05, 0) is 18.1 Å². The van der Waals surface area contributed by atoms with Crippen molar-refractivity contribution in [2.45, 2.75) is 32.5 Å². The summed E-state index contributed by atoms with van der Waals surface area (Å²) in [4.78, 5) is 13.8. The van der Waals surface area contributed by atoms with Gasteiger partial charge in [0.05, 0.1) is 6.04 Å². The van der Waals surface area contributed by atoms with Crippen molar-refractivity contribution in [2.24, 2.45) is 5.73 Å². The standard InChI is InChI=1S/C14H20FN3O/c1-2-13-14(19)17-5-6-18(13)9-11-4-3-10(8-16)7-12(11)15/h3-4,7,13H,2,5-6,8-9,16H2,1H3,(H,17,19). The van der Waals surface area contributed by atoms with Crippen LogP contribution in [0.25, 0.3) is 0 Å². The molecule has 2 rings (SSSR count). The van der Waals surface area contributed by atoms with E-state index < -0.39 is 0 Å². The Morgan fingerprint density at radius 1 is 1.53 bits per heavy atom. The minimum absolute atomic E-state index is 0.0349. The van der Waals surface area contributed by atoms with Gasteiger partial charge in [-0.3, -0.25) is 9.69 Å². The molecule has 19 heavy (non-hydrogen) atoms. The number of benzene rings is 1. The molecule has 1 unspecified atom stereocenters. The Hall–Kier alpha value is -1.46. The molecule has 1 fully saturated rings. The first-order chi connectivity index (χ1) is 9.15. The predicted molar refractivity (Wildman–Crippen MR) is 71.8 cm³/mol. The van der Waals surface area contributed by atoms with Gasteiger partial charge in [0.2, 0.25) is 5.91 Å². The highest BCUT2D eigenvalue weighted by Crippen LogP contribution is 2.17. The van der Waals surface area contributed by atoms with Gasteiger partial charge >= 0.3 is 0 Å². The van der Waals surface area contributed by atoms with Crippen molar-refractivity contribution in [3.63, 3.8) is 0 Å². The van der Waals surface area contributed by atoms with Crippen LogP contribution in [0.4, 0.5) is 4.39 Å². The number of halogens is 1. The number of carbonyl (C=O) groups is 1. The number of nitrogens with one attached hydrogen (secondary N) is 1. The van der Waals surface area contributed by atoms with Gasteiger partial charge in [0.15, 0.2) is 0 Å². The number of nitrogens with two attached hydrogens (primary N) is 1. The molecule has 0 aliphatic carbocycles. The van der Waals surface area contributed by atoms with Crippen molar-refractivity contribution >= 4 is 5.91 Å². The second kappa shape index (κ2) is 6.12. The molecule has 1 aromatic rings. The molecule has 1 aliphatic rings. The lowest BCUT2D eigenvalue weighted by molar-refractivity contribution is -0.129. The van der Waals surface area contributed by atoms with Crippen LogP contribution in [0.3, 0.4) is 0 Å². The van der Waals surface area contributed by atoms with Crippen LogP contribution in [0.15, 0.2) is 18.2 Å². The number of nitrogens with zero attached hydrogens (tertiary/aromatic N) is 1. The first-order valence-electron chi connectivity index (χ1n) is 6.64. The minimum atomic E-state index is -0.246. The summed E-state index contributed by atoms with van der Waals surface area (Å²) in [7, 11) is 0. The molecule has 3 N–H and O–H groups in total. The molecular weight excluding hydrogens is 245 g/mol. The normalized spacial score (nSPS) is 20.4. The van der Waals surface area contributed by atoms with E-state index in [2.05, 4.69) is 5.32 Å². The smallest absolute Gasteiger partial charge is 0.237 e. The van der Waals surface area contributed by atoms with Gasteiger partial charge in [-0.25, -0.2) is 4.39 Å². The number of piperazine rings is 1. The fourth-order valence-corrected chi connectivity index (χ4v) is 2.46. The molecule has 0 aromatic heterocycles. The zero-order chi connectivity index (χ0) is 13.8. The molecule has 0 spiro atoms. The fraction of sp³-hybridized carbons (Fsp3) is 0.500. The van der Waals surface area contributed by atoms with E-state index in [1.54, 1.807) is 6.07 Å². The summed E-state index contributed by atoms with van der Waals surface area (Å²) in [6.07, 6.45) is 0.730. The van der Waals surface area contributed by atoms with Crippen molar-refractivity contribution in [3.05, 3.63) is 35.1 Å². The first kappa shape index (κ1) is 14.0. The van der Waals surface area contributed by atoms with Crippen LogP contribution in [0.2, 0.25) is 0 Å². The summed E-state index contributed by atoms with van der Waals surface area (Å²) in [6, 6.07) is 4.91. The third-order valence-corrected chi connectivity index (χ3v) is 3.55. The van der Waals surface area contributed by atoms with Gasteiger partial charge in [-0.2, -0.15) is 0 Å². The molecule has 4 nitrogen and oxygen atoms in total. The third kappa shape index (κ3) is 3.11. The van der Waals surface area contributed by atoms with E-state index in [-0.39, 0.29) is 17.8 Å². The lowest BCUT2D eigenvalue weighted by Crippen LogP contribution is -2.54. The Bertz CT molecular complexity index is 464. The van der Waals surface area contributed by atoms with Gasteiger partial charge in [0.25, 0.3) is 0 Å². The third-order valence-electron chi connectivity index (χ3n) is 3.55. The second-order valence-electron chi connectivity index (χ2n) is 4.82. The van der Waals surface area contributed by atoms with E-state index in [1.807, 2.05) is 17.9 Å². The van der Waals surface area contributed by atoms with Gasteiger partial charge in [-0.15, -0.1) is 0 Å². The maximum absolute atomic E-state index is 13.9. The topological polar surface area (TPSA) is 58.4 Å². The van der Waals surface area contributed by atoms with Crippen molar-refractivity contribution in [1.29, 1.82) is 0 Å². The Kier molecular flexibility index (Phi) is 4.50. The summed E-state index contributed by atoms with van der Waals surface area (Å²) in [5, 5.41) is 2.84. The highest BCUT2D eigenvalue weighted by Gasteiger charge is 2.28. The summed E-state index contributed by atoms with van der Waals surface area (Å²) < 4.78 is 13.9. The molecule has 1 aromatic carbocycles. The van der Waals surface area contributed by atoms with Crippen LogP contribution >= 0.6 is 0 Å². The lowest BCUT2D eigenvalue weighted by Gasteiger charge is -2.34. The Morgan fingerprint density at radius 2 is 2.32 bits per heavy atom. The van der Waals surface area contributed by atoms with Crippen LogP contribution in [0.1, 0.15) is 24.5 Å². The van der Waals surface area contributed by atoms with Crippen LogP contribution in [0, 0.1) is 5.82 Å². The molecule has 104 valence electrons. The molecule has 1 amide bonds. The molecule has 0 bridgehead atoms. The minimum Gasteiger partial charge on any atom is -0.353 e. The molecule has 1 aliphatic heterocycles. The second-order valence-corrected chi connectivity index (χ2v) is 4.82. The molecule has 0 saturated carbocycles. The van der Waals surface area contributed by atoms with Gasteiger partial charge < -0.3 is 11.1 Å². The average molecular weight is 265 g/mol. The quantitative estimate of drug-likeness (QED) is 0.853. The molecule has 0 radical (unpaired) electrons. The van der Waals surface area contributed by atoms with E-state index >= 15 is 0 Å². The summed E-state index contributed by atoms with van der Waals surface area (Å²) in [5.41, 5.74) is 6.88. The van der Waals surface area contributed by atoms with E-state index in [1.165, 1.54) is 6.07 Å². The van der Waals surface area contributed by atoms with Gasteiger partial charge in [0.1, 0.15) is 5.82 Å². The summed E-state index contributed by atoms with van der Waals surface area (Å²) >= 11 is 0. The van der Waals surface area contributed by atoms with Crippen molar-refractivity contribution in [2.75, 3.05) is 13.1 Å². The number of amides is 1. The van der Waals surface area contributed by atoms with Crippen molar-refractivity contribution in [3.8, 4) is 0 Å². The maximum Gasteiger partial charge on any atom is 0.237 e. The van der Waals surface area contributed by atoms with Crippen LogP contribution in [-0.4, -0.2) is 29.9 Å². The van der Waals surface area contributed by atoms with Crippen LogP contribution in [-0.2, 0) is 17.9 Å². The number of rotatable bonds is 4. The zero-order valence-electron chi connectivity index (χ0n) is 11.2. The van der Waals surface area contributed by atoms with Gasteiger partial charge in [-0.1, -0.05) is 19.1 Å². The zero-order valence-corrected chi connectivity index (χ0v) is 11.2. The summed E-state index contributed by atoms with van der Waals surface area (Å²) in [5.74, 6) is -0.212. The molecule has 1 atom stereocenters. The summed E-state index contributed by atoms with van der Waals surface area (Å²) in [6.45, 7) is 4.14.